The van der Waals surface area contributed by atoms with E-state index in [1.807, 2.05) is 0 Å². The van der Waals surface area contributed by atoms with Crippen molar-refractivity contribution in [3.8, 4) is 0 Å². The molecule has 0 spiro atoms. The first-order valence-electron chi connectivity index (χ1n) is 3.38. The van der Waals surface area contributed by atoms with Gasteiger partial charge in [0.1, 0.15) is 12.2 Å². The van der Waals surface area contributed by atoms with Crippen LogP contribution >= 0.6 is 0 Å². The molecule has 0 saturated carbocycles. The van der Waals surface area contributed by atoms with Gasteiger partial charge in [0.25, 0.3) is 0 Å². The second-order valence-corrected chi connectivity index (χ2v) is 2.76. The molecule has 11 heavy (non-hydrogen) atoms. The molecule has 5 nitrogen and oxygen atoms in total. The Morgan fingerprint density at radius 1 is 1.45 bits per heavy atom. The van der Waals surface area contributed by atoms with E-state index in [2.05, 4.69) is 0 Å². The van der Waals surface area contributed by atoms with Gasteiger partial charge in [-0.05, 0) is 6.92 Å². The Hall–Kier alpha value is -0.200. The van der Waals surface area contributed by atoms with Crippen LogP contribution in [-0.4, -0.2) is 51.1 Å². The number of rotatable bonds is 1. The molecule has 1 fully saturated rings. The van der Waals surface area contributed by atoms with Crippen molar-refractivity contribution in [2.75, 3.05) is 6.61 Å². The van der Waals surface area contributed by atoms with E-state index in [0.29, 0.717) is 0 Å². The van der Waals surface area contributed by atoms with Crippen molar-refractivity contribution in [2.45, 2.75) is 31.0 Å². The predicted octanol–water partition coefficient (Wildman–Crippen LogP) is -2.19. The van der Waals surface area contributed by atoms with Crippen molar-refractivity contribution in [1.82, 2.24) is 0 Å². The second kappa shape index (κ2) is 2.69. The Morgan fingerprint density at radius 2 is 2.00 bits per heavy atom. The molecule has 1 heterocycles. The van der Waals surface area contributed by atoms with E-state index in [1.165, 1.54) is 6.92 Å². The minimum atomic E-state index is -2.00. The van der Waals surface area contributed by atoms with Gasteiger partial charge in [0.15, 0.2) is 0 Å². The van der Waals surface area contributed by atoms with Crippen LogP contribution in [0.25, 0.3) is 0 Å². The first-order chi connectivity index (χ1) is 5.01. The molecule has 0 aromatic carbocycles. The standard InChI is InChI=1S/C6H12O5/c1-3-4(8)5(9)6(10,2-7)11-3/h3-5,7-10H,2H2,1H3/t3-,4+,5+,6+/m0/s1. The summed E-state index contributed by atoms with van der Waals surface area (Å²) in [6, 6.07) is 0. The summed E-state index contributed by atoms with van der Waals surface area (Å²) in [5.41, 5.74) is 0. The SMILES string of the molecule is C[C@@H]1O[C@](O)(CO)[C@H](O)[C@@H]1O. The molecule has 0 amide bonds. The van der Waals surface area contributed by atoms with Crippen molar-refractivity contribution in [1.29, 1.82) is 0 Å². The van der Waals surface area contributed by atoms with Gasteiger partial charge in [0.2, 0.25) is 5.79 Å². The summed E-state index contributed by atoms with van der Waals surface area (Å²) in [7, 11) is 0. The van der Waals surface area contributed by atoms with E-state index >= 15 is 0 Å². The lowest BCUT2D eigenvalue weighted by Gasteiger charge is -2.22. The topological polar surface area (TPSA) is 90.2 Å². The van der Waals surface area contributed by atoms with Crippen molar-refractivity contribution < 1.29 is 25.2 Å². The van der Waals surface area contributed by atoms with Crippen LogP contribution in [0.4, 0.5) is 0 Å². The molecule has 4 N–H and O–H groups in total. The van der Waals surface area contributed by atoms with E-state index in [-0.39, 0.29) is 0 Å². The number of hydrogen-bond donors (Lipinski definition) is 4. The van der Waals surface area contributed by atoms with Gasteiger partial charge in [0.05, 0.1) is 12.7 Å². The van der Waals surface area contributed by atoms with Crippen LogP contribution in [0.2, 0.25) is 0 Å². The lowest BCUT2D eigenvalue weighted by atomic mass is 10.1. The highest BCUT2D eigenvalue weighted by atomic mass is 16.7. The van der Waals surface area contributed by atoms with E-state index < -0.39 is 30.7 Å². The van der Waals surface area contributed by atoms with Crippen LogP contribution in [0.5, 0.6) is 0 Å². The fourth-order valence-corrected chi connectivity index (χ4v) is 1.12. The fourth-order valence-electron chi connectivity index (χ4n) is 1.12. The van der Waals surface area contributed by atoms with Crippen LogP contribution in [-0.2, 0) is 4.74 Å². The fraction of sp³-hybridized carbons (Fsp3) is 1.00. The molecule has 5 heteroatoms. The predicted molar refractivity (Wildman–Crippen MR) is 34.6 cm³/mol. The minimum Gasteiger partial charge on any atom is -0.391 e. The van der Waals surface area contributed by atoms with Crippen LogP contribution < -0.4 is 0 Å². The summed E-state index contributed by atoms with van der Waals surface area (Å²) in [4.78, 5) is 0. The Bertz CT molecular complexity index is 150. The van der Waals surface area contributed by atoms with Crippen molar-refractivity contribution in [3.63, 3.8) is 0 Å². The zero-order valence-corrected chi connectivity index (χ0v) is 6.14. The van der Waals surface area contributed by atoms with Gasteiger partial charge in [0, 0.05) is 0 Å². The quantitative estimate of drug-likeness (QED) is 0.353. The smallest absolute Gasteiger partial charge is 0.219 e. The molecule has 0 aromatic rings. The van der Waals surface area contributed by atoms with Gasteiger partial charge >= 0.3 is 0 Å². The zero-order chi connectivity index (χ0) is 8.65. The maximum absolute atomic E-state index is 9.23. The largest absolute Gasteiger partial charge is 0.391 e. The lowest BCUT2D eigenvalue weighted by Crippen LogP contribution is -2.46. The maximum Gasteiger partial charge on any atom is 0.219 e. The summed E-state index contributed by atoms with van der Waals surface area (Å²) in [5.74, 6) is -2.00. The van der Waals surface area contributed by atoms with Gasteiger partial charge < -0.3 is 25.2 Å². The first-order valence-corrected chi connectivity index (χ1v) is 3.38. The summed E-state index contributed by atoms with van der Waals surface area (Å²) >= 11 is 0. The molecular formula is C6H12O5. The molecule has 0 aliphatic carbocycles. The van der Waals surface area contributed by atoms with E-state index in [0.717, 1.165) is 0 Å². The number of hydrogen-bond acceptors (Lipinski definition) is 5. The van der Waals surface area contributed by atoms with E-state index in [1.54, 1.807) is 0 Å². The Morgan fingerprint density at radius 3 is 2.18 bits per heavy atom. The highest BCUT2D eigenvalue weighted by Crippen LogP contribution is 2.28. The summed E-state index contributed by atoms with van der Waals surface area (Å²) in [6.45, 7) is 0.775. The molecule has 0 radical (unpaired) electrons. The molecule has 4 atom stereocenters. The zero-order valence-electron chi connectivity index (χ0n) is 6.14. The third-order valence-corrected chi connectivity index (χ3v) is 1.88. The Labute approximate surface area is 63.8 Å². The van der Waals surface area contributed by atoms with Crippen molar-refractivity contribution >= 4 is 0 Å². The molecule has 0 aromatic heterocycles. The minimum absolute atomic E-state index is 0.665. The van der Waals surface area contributed by atoms with Crippen LogP contribution in [0.3, 0.4) is 0 Å². The van der Waals surface area contributed by atoms with Crippen LogP contribution in [0, 0.1) is 0 Å². The monoisotopic (exact) mass is 164 g/mol. The molecule has 1 aliphatic rings. The van der Waals surface area contributed by atoms with Gasteiger partial charge in [-0.3, -0.25) is 0 Å². The normalized spacial score (nSPS) is 51.5. The average Bonchev–Trinajstić information content (AvgIpc) is 2.17. The van der Waals surface area contributed by atoms with Crippen molar-refractivity contribution in [3.05, 3.63) is 0 Å². The molecular weight excluding hydrogens is 152 g/mol. The molecule has 66 valence electrons. The van der Waals surface area contributed by atoms with Crippen LogP contribution in [0.15, 0.2) is 0 Å². The van der Waals surface area contributed by atoms with Gasteiger partial charge in [-0.2, -0.15) is 0 Å². The number of aliphatic hydroxyl groups excluding tert-OH is 3. The lowest BCUT2D eigenvalue weighted by molar-refractivity contribution is -0.243. The molecule has 1 saturated heterocycles. The second-order valence-electron chi connectivity index (χ2n) is 2.76. The molecule has 1 rings (SSSR count). The van der Waals surface area contributed by atoms with Gasteiger partial charge in [-0.15, -0.1) is 0 Å². The molecule has 0 bridgehead atoms. The van der Waals surface area contributed by atoms with Gasteiger partial charge in [-0.25, -0.2) is 0 Å². The summed E-state index contributed by atoms with van der Waals surface area (Å²) in [6.07, 6.45) is -3.25. The summed E-state index contributed by atoms with van der Waals surface area (Å²) in [5, 5.41) is 36.0. The van der Waals surface area contributed by atoms with Crippen molar-refractivity contribution in [2.24, 2.45) is 0 Å². The Kier molecular flexibility index (Phi) is 2.17. The van der Waals surface area contributed by atoms with Gasteiger partial charge in [-0.1, -0.05) is 0 Å². The maximum atomic E-state index is 9.23. The van der Waals surface area contributed by atoms with Crippen LogP contribution in [0.1, 0.15) is 6.92 Å². The third kappa shape index (κ3) is 1.25. The highest BCUT2D eigenvalue weighted by Gasteiger charge is 2.51. The first kappa shape index (κ1) is 8.89. The third-order valence-electron chi connectivity index (χ3n) is 1.88. The Balaban J connectivity index is 2.73. The number of ether oxygens (including phenoxy) is 1. The van der Waals surface area contributed by atoms with E-state index in [4.69, 9.17) is 20.1 Å². The molecule has 0 unspecified atom stereocenters. The van der Waals surface area contributed by atoms with E-state index in [9.17, 15) is 5.11 Å². The number of aliphatic hydroxyl groups is 4. The highest BCUT2D eigenvalue weighted by molar-refractivity contribution is 4.93. The average molecular weight is 164 g/mol. The summed E-state index contributed by atoms with van der Waals surface area (Å²) < 4.78 is 4.73. The molecule has 1 aliphatic heterocycles.